The Hall–Kier alpha value is -1.97. The Balaban J connectivity index is 2.46. The molecule has 0 bridgehead atoms. The molecule has 0 spiro atoms. The number of Topliss-reactive ketones (excluding diaryl/α,β-unsaturated/α-hetero) is 1. The fourth-order valence-corrected chi connectivity index (χ4v) is 2.92. The molecule has 0 N–H and O–H groups in total. The molecule has 1 aromatic carbocycles. The molecule has 0 radical (unpaired) electrons. The maximum atomic E-state index is 12.8. The minimum Gasteiger partial charge on any atom is -0.501 e. The van der Waals surface area contributed by atoms with Crippen LogP contribution >= 0.6 is 0 Å². The van der Waals surface area contributed by atoms with Crippen LogP contribution in [0.25, 0.3) is 0 Å². The molecule has 1 aliphatic carbocycles. The molecule has 0 fully saturated rings. The minimum absolute atomic E-state index is 0.109. The third-order valence-corrected chi connectivity index (χ3v) is 4.38. The van der Waals surface area contributed by atoms with E-state index in [1.54, 1.807) is 21.3 Å². The van der Waals surface area contributed by atoms with Crippen molar-refractivity contribution in [3.8, 4) is 11.5 Å². The van der Waals surface area contributed by atoms with Gasteiger partial charge in [0.2, 0.25) is 0 Å². The van der Waals surface area contributed by atoms with E-state index in [1.807, 2.05) is 32.0 Å². The fourth-order valence-electron chi connectivity index (χ4n) is 2.92. The molecule has 21 heavy (non-hydrogen) atoms. The molecule has 114 valence electrons. The third-order valence-electron chi connectivity index (χ3n) is 4.38. The lowest BCUT2D eigenvalue weighted by atomic mass is 9.69. The van der Waals surface area contributed by atoms with Crippen LogP contribution in [0, 0.1) is 0 Å². The van der Waals surface area contributed by atoms with Crippen LogP contribution in [-0.2, 0) is 14.9 Å². The number of methoxy groups -OCH3 is 3. The van der Waals surface area contributed by atoms with Gasteiger partial charge in [0, 0.05) is 12.0 Å². The Labute approximate surface area is 125 Å². The second kappa shape index (κ2) is 5.80. The Morgan fingerprint density at radius 3 is 2.29 bits per heavy atom. The van der Waals surface area contributed by atoms with Gasteiger partial charge in [-0.25, -0.2) is 0 Å². The second-order valence-corrected chi connectivity index (χ2v) is 5.48. The van der Waals surface area contributed by atoms with Crippen molar-refractivity contribution in [3.63, 3.8) is 0 Å². The Morgan fingerprint density at radius 1 is 1.05 bits per heavy atom. The molecular weight excluding hydrogens is 268 g/mol. The van der Waals surface area contributed by atoms with Crippen molar-refractivity contribution >= 4 is 5.78 Å². The number of rotatable bonds is 4. The van der Waals surface area contributed by atoms with Crippen molar-refractivity contribution in [1.82, 2.24) is 0 Å². The van der Waals surface area contributed by atoms with Gasteiger partial charge in [-0.3, -0.25) is 4.79 Å². The number of allylic oxidation sites excluding steroid dienone is 2. The number of carbonyl (C=O) groups excluding carboxylic acids is 1. The maximum Gasteiger partial charge on any atom is 0.172 e. The van der Waals surface area contributed by atoms with E-state index in [4.69, 9.17) is 14.2 Å². The highest BCUT2D eigenvalue weighted by molar-refractivity contribution is 6.04. The monoisotopic (exact) mass is 290 g/mol. The van der Waals surface area contributed by atoms with E-state index in [9.17, 15) is 4.79 Å². The Morgan fingerprint density at radius 2 is 1.71 bits per heavy atom. The lowest BCUT2D eigenvalue weighted by molar-refractivity contribution is -0.121. The normalized spacial score (nSPS) is 22.2. The molecule has 4 nitrogen and oxygen atoms in total. The first kappa shape index (κ1) is 15.4. The van der Waals surface area contributed by atoms with Crippen LogP contribution in [0.5, 0.6) is 11.5 Å². The molecular formula is C17H22O4. The summed E-state index contributed by atoms with van der Waals surface area (Å²) in [6, 6.07) is 5.67. The molecule has 4 heteroatoms. The highest BCUT2D eigenvalue weighted by Crippen LogP contribution is 2.41. The largest absolute Gasteiger partial charge is 0.501 e. The summed E-state index contributed by atoms with van der Waals surface area (Å²) in [4.78, 5) is 12.8. The SMILES string of the molecule is COC1=C(C)C(=O)C(C)(c2ccc(OC)c(OC)c2)CC1. The van der Waals surface area contributed by atoms with Gasteiger partial charge in [-0.1, -0.05) is 6.07 Å². The van der Waals surface area contributed by atoms with Crippen molar-refractivity contribution < 1.29 is 19.0 Å². The van der Waals surface area contributed by atoms with Gasteiger partial charge in [0.25, 0.3) is 0 Å². The van der Waals surface area contributed by atoms with E-state index in [0.717, 1.165) is 24.2 Å². The molecule has 0 heterocycles. The van der Waals surface area contributed by atoms with Crippen LogP contribution in [0.4, 0.5) is 0 Å². The predicted octanol–water partition coefficient (Wildman–Crippen LogP) is 3.24. The molecule has 0 saturated heterocycles. The van der Waals surface area contributed by atoms with E-state index in [-0.39, 0.29) is 5.78 Å². The summed E-state index contributed by atoms with van der Waals surface area (Å²) < 4.78 is 15.9. The Bertz CT molecular complexity index is 588. The summed E-state index contributed by atoms with van der Waals surface area (Å²) in [7, 11) is 4.81. The minimum atomic E-state index is -0.550. The summed E-state index contributed by atoms with van der Waals surface area (Å²) in [5.41, 5.74) is 1.10. The standard InChI is InChI=1S/C17H22O4/c1-11-13(19-3)8-9-17(2,16(11)18)12-6-7-14(20-4)15(10-12)21-5/h6-7,10H,8-9H2,1-5H3. The molecule has 0 saturated carbocycles. The lowest BCUT2D eigenvalue weighted by Gasteiger charge is -2.34. The van der Waals surface area contributed by atoms with Gasteiger partial charge < -0.3 is 14.2 Å². The number of carbonyl (C=O) groups is 1. The van der Waals surface area contributed by atoms with Gasteiger partial charge >= 0.3 is 0 Å². The van der Waals surface area contributed by atoms with E-state index in [0.29, 0.717) is 17.1 Å². The molecule has 0 amide bonds. The third kappa shape index (κ3) is 2.50. The molecule has 1 aliphatic rings. The van der Waals surface area contributed by atoms with E-state index < -0.39 is 5.41 Å². The van der Waals surface area contributed by atoms with E-state index >= 15 is 0 Å². The van der Waals surface area contributed by atoms with Gasteiger partial charge in [-0.15, -0.1) is 0 Å². The quantitative estimate of drug-likeness (QED) is 0.854. The number of ketones is 1. The van der Waals surface area contributed by atoms with Crippen molar-refractivity contribution in [3.05, 3.63) is 35.1 Å². The summed E-state index contributed by atoms with van der Waals surface area (Å²) >= 11 is 0. The highest BCUT2D eigenvalue weighted by Gasteiger charge is 2.40. The molecule has 1 aromatic rings. The van der Waals surface area contributed by atoms with Crippen molar-refractivity contribution in [2.75, 3.05) is 21.3 Å². The van der Waals surface area contributed by atoms with Crippen LogP contribution < -0.4 is 9.47 Å². The number of hydrogen-bond donors (Lipinski definition) is 0. The average Bonchev–Trinajstić information content (AvgIpc) is 2.52. The van der Waals surface area contributed by atoms with Gasteiger partial charge in [0.15, 0.2) is 17.3 Å². The van der Waals surface area contributed by atoms with Crippen LogP contribution in [0.3, 0.4) is 0 Å². The highest BCUT2D eigenvalue weighted by atomic mass is 16.5. The molecule has 2 rings (SSSR count). The van der Waals surface area contributed by atoms with Gasteiger partial charge in [0.05, 0.1) is 26.7 Å². The van der Waals surface area contributed by atoms with Crippen LogP contribution in [-0.4, -0.2) is 27.1 Å². The summed E-state index contributed by atoms with van der Waals surface area (Å²) in [6.45, 7) is 3.81. The second-order valence-electron chi connectivity index (χ2n) is 5.48. The summed E-state index contributed by atoms with van der Waals surface area (Å²) in [6.07, 6.45) is 1.49. The first-order valence-corrected chi connectivity index (χ1v) is 6.99. The molecule has 0 aliphatic heterocycles. The topological polar surface area (TPSA) is 44.8 Å². The average molecular weight is 290 g/mol. The zero-order valence-electron chi connectivity index (χ0n) is 13.3. The van der Waals surface area contributed by atoms with Crippen molar-refractivity contribution in [1.29, 1.82) is 0 Å². The van der Waals surface area contributed by atoms with Gasteiger partial charge in [-0.05, 0) is 38.0 Å². The molecule has 1 atom stereocenters. The van der Waals surface area contributed by atoms with Crippen molar-refractivity contribution in [2.24, 2.45) is 0 Å². The smallest absolute Gasteiger partial charge is 0.172 e. The first-order valence-electron chi connectivity index (χ1n) is 6.99. The summed E-state index contributed by atoms with van der Waals surface area (Å²) in [5.74, 6) is 2.21. The number of hydrogen-bond acceptors (Lipinski definition) is 4. The van der Waals surface area contributed by atoms with Crippen LogP contribution in [0.15, 0.2) is 29.5 Å². The number of ether oxygens (including phenoxy) is 3. The molecule has 1 unspecified atom stereocenters. The summed E-state index contributed by atoms with van der Waals surface area (Å²) in [5, 5.41) is 0. The van der Waals surface area contributed by atoms with Crippen LogP contribution in [0.1, 0.15) is 32.3 Å². The molecule has 0 aromatic heterocycles. The fraction of sp³-hybridized carbons (Fsp3) is 0.471. The zero-order chi connectivity index (χ0) is 15.6. The van der Waals surface area contributed by atoms with Gasteiger partial charge in [-0.2, -0.15) is 0 Å². The number of benzene rings is 1. The first-order chi connectivity index (χ1) is 9.97. The predicted molar refractivity (Wildman–Crippen MR) is 80.8 cm³/mol. The maximum absolute atomic E-state index is 12.8. The zero-order valence-corrected chi connectivity index (χ0v) is 13.3. The lowest BCUT2D eigenvalue weighted by Crippen LogP contribution is -2.37. The van der Waals surface area contributed by atoms with Crippen LogP contribution in [0.2, 0.25) is 0 Å². The van der Waals surface area contributed by atoms with E-state index in [2.05, 4.69) is 0 Å². The van der Waals surface area contributed by atoms with Crippen molar-refractivity contribution in [2.45, 2.75) is 32.1 Å². The van der Waals surface area contributed by atoms with E-state index in [1.165, 1.54) is 0 Å². The van der Waals surface area contributed by atoms with Gasteiger partial charge in [0.1, 0.15) is 5.76 Å². The Kier molecular flexibility index (Phi) is 4.26.